The molecule has 0 amide bonds. The Kier molecular flexibility index (Phi) is 3.48. The average molecular weight is 245 g/mol. The van der Waals surface area contributed by atoms with E-state index in [0.29, 0.717) is 4.83 Å². The van der Waals surface area contributed by atoms with Crippen molar-refractivity contribution in [3.8, 4) is 0 Å². The molecule has 0 N–H and O–H groups in total. The van der Waals surface area contributed by atoms with Crippen LogP contribution >= 0.6 is 15.9 Å². The van der Waals surface area contributed by atoms with Crippen LogP contribution in [0, 0.1) is 12.7 Å². The molecule has 0 bridgehead atoms. The zero-order valence-corrected chi connectivity index (χ0v) is 9.73. The predicted molar refractivity (Wildman–Crippen MR) is 57.9 cm³/mol. The summed E-state index contributed by atoms with van der Waals surface area (Å²) >= 11 is 3.47. The minimum Gasteiger partial charge on any atom is -0.207 e. The zero-order valence-electron chi connectivity index (χ0n) is 8.14. The number of hydrogen-bond donors (Lipinski definition) is 0. The second-order valence-corrected chi connectivity index (χ2v) is 4.94. The highest BCUT2D eigenvalue weighted by molar-refractivity contribution is 9.09. The van der Waals surface area contributed by atoms with Crippen molar-refractivity contribution < 1.29 is 4.39 Å². The second-order valence-electron chi connectivity index (χ2n) is 3.49. The van der Waals surface area contributed by atoms with E-state index in [4.69, 9.17) is 0 Å². The lowest BCUT2D eigenvalue weighted by atomic mass is 9.96. The summed E-state index contributed by atoms with van der Waals surface area (Å²) in [6, 6.07) is 5.25. The lowest BCUT2D eigenvalue weighted by Crippen LogP contribution is -2.06. The van der Waals surface area contributed by atoms with Crippen molar-refractivity contribution in [1.29, 1.82) is 0 Å². The van der Waals surface area contributed by atoms with Crippen LogP contribution in [0.2, 0.25) is 0 Å². The highest BCUT2D eigenvalue weighted by Gasteiger charge is 2.15. The average Bonchev–Trinajstić information content (AvgIpc) is 2.08. The molecular formula is C11H14BrF. The summed E-state index contributed by atoms with van der Waals surface area (Å²) < 4.78 is 13.4. The number of hydrogen-bond acceptors (Lipinski definition) is 0. The molecule has 13 heavy (non-hydrogen) atoms. The number of alkyl halides is 1. The highest BCUT2D eigenvalue weighted by atomic mass is 79.9. The molecule has 1 aromatic carbocycles. The van der Waals surface area contributed by atoms with Crippen molar-refractivity contribution in [2.75, 3.05) is 0 Å². The maximum atomic E-state index is 13.4. The summed E-state index contributed by atoms with van der Waals surface area (Å²) in [5.74, 6) is 0.101. The van der Waals surface area contributed by atoms with E-state index < -0.39 is 0 Å². The molecule has 0 saturated carbocycles. The molecule has 0 fully saturated rings. The van der Waals surface area contributed by atoms with E-state index >= 15 is 0 Å². The fourth-order valence-corrected chi connectivity index (χ4v) is 1.54. The maximum Gasteiger partial charge on any atom is 0.126 e. The lowest BCUT2D eigenvalue weighted by molar-refractivity contribution is 0.588. The molecule has 1 rings (SSSR count). The van der Waals surface area contributed by atoms with Crippen LogP contribution in [0.5, 0.6) is 0 Å². The van der Waals surface area contributed by atoms with Gasteiger partial charge in [0.15, 0.2) is 0 Å². The van der Waals surface area contributed by atoms with Gasteiger partial charge in [-0.2, -0.15) is 0 Å². The molecule has 0 heterocycles. The van der Waals surface area contributed by atoms with Crippen molar-refractivity contribution in [2.45, 2.75) is 31.5 Å². The fourth-order valence-electron chi connectivity index (χ4n) is 1.26. The van der Waals surface area contributed by atoms with Gasteiger partial charge in [0, 0.05) is 4.83 Å². The first-order valence-electron chi connectivity index (χ1n) is 4.42. The first-order valence-corrected chi connectivity index (χ1v) is 5.34. The summed E-state index contributed by atoms with van der Waals surface area (Å²) in [7, 11) is 0. The van der Waals surface area contributed by atoms with Crippen LogP contribution in [0.15, 0.2) is 18.2 Å². The van der Waals surface area contributed by atoms with Gasteiger partial charge < -0.3 is 0 Å². The molecule has 2 atom stereocenters. The van der Waals surface area contributed by atoms with Gasteiger partial charge in [-0.25, -0.2) is 4.39 Å². The van der Waals surface area contributed by atoms with Gasteiger partial charge in [0.1, 0.15) is 5.82 Å². The Balaban J connectivity index is 3.05. The third-order valence-corrected chi connectivity index (χ3v) is 3.12. The van der Waals surface area contributed by atoms with Crippen molar-refractivity contribution in [3.05, 3.63) is 35.1 Å². The zero-order chi connectivity index (χ0) is 10.0. The first-order chi connectivity index (χ1) is 6.02. The molecule has 0 aliphatic heterocycles. The Labute approximate surface area is 87.3 Å². The van der Waals surface area contributed by atoms with E-state index in [1.807, 2.05) is 26.8 Å². The van der Waals surface area contributed by atoms with E-state index in [-0.39, 0.29) is 11.7 Å². The second kappa shape index (κ2) is 4.23. The molecule has 0 aromatic heterocycles. The predicted octanol–water partition coefficient (Wildman–Crippen LogP) is 4.02. The molecule has 0 radical (unpaired) electrons. The molecule has 72 valence electrons. The molecule has 1 aromatic rings. The van der Waals surface area contributed by atoms with Crippen molar-refractivity contribution in [2.24, 2.45) is 0 Å². The normalized spacial score (nSPS) is 15.5. The van der Waals surface area contributed by atoms with Gasteiger partial charge in [0.25, 0.3) is 0 Å². The van der Waals surface area contributed by atoms with Crippen LogP contribution in [0.4, 0.5) is 4.39 Å². The topological polar surface area (TPSA) is 0 Å². The van der Waals surface area contributed by atoms with Crippen molar-refractivity contribution in [3.63, 3.8) is 0 Å². The van der Waals surface area contributed by atoms with Crippen LogP contribution < -0.4 is 0 Å². The van der Waals surface area contributed by atoms with Crippen LogP contribution in [-0.2, 0) is 0 Å². The van der Waals surface area contributed by atoms with Gasteiger partial charge in [-0.1, -0.05) is 47.5 Å². The minimum absolute atomic E-state index is 0.107. The van der Waals surface area contributed by atoms with Gasteiger partial charge in [-0.05, 0) is 24.5 Å². The van der Waals surface area contributed by atoms with Gasteiger partial charge in [-0.3, -0.25) is 0 Å². The lowest BCUT2D eigenvalue weighted by Gasteiger charge is -2.15. The number of benzene rings is 1. The summed E-state index contributed by atoms with van der Waals surface area (Å²) in [6.45, 7) is 6.04. The number of aryl methyl sites for hydroxylation is 1. The Morgan fingerprint density at radius 3 is 2.46 bits per heavy atom. The molecule has 0 spiro atoms. The summed E-state index contributed by atoms with van der Waals surface area (Å²) in [4.78, 5) is 0.295. The Hall–Kier alpha value is -0.370. The molecule has 2 unspecified atom stereocenters. The van der Waals surface area contributed by atoms with Gasteiger partial charge in [-0.15, -0.1) is 0 Å². The smallest absolute Gasteiger partial charge is 0.126 e. The minimum atomic E-state index is -0.107. The van der Waals surface area contributed by atoms with Crippen molar-refractivity contribution in [1.82, 2.24) is 0 Å². The third-order valence-electron chi connectivity index (χ3n) is 2.33. The number of rotatable bonds is 2. The summed E-state index contributed by atoms with van der Waals surface area (Å²) in [5, 5.41) is 0. The van der Waals surface area contributed by atoms with Crippen LogP contribution in [-0.4, -0.2) is 4.83 Å². The SMILES string of the molecule is Cc1ccc(F)c(C(C)C(C)Br)c1. The largest absolute Gasteiger partial charge is 0.207 e. The Morgan fingerprint density at radius 2 is 1.92 bits per heavy atom. The monoisotopic (exact) mass is 244 g/mol. The quantitative estimate of drug-likeness (QED) is 0.690. The molecule has 0 aliphatic carbocycles. The van der Waals surface area contributed by atoms with E-state index in [1.165, 1.54) is 6.07 Å². The first kappa shape index (κ1) is 10.7. The summed E-state index contributed by atoms with van der Waals surface area (Å²) in [5.41, 5.74) is 1.90. The molecule has 2 heteroatoms. The van der Waals surface area contributed by atoms with E-state index in [1.54, 1.807) is 6.07 Å². The standard InChI is InChI=1S/C11H14BrF/c1-7-4-5-11(13)10(6-7)8(2)9(3)12/h4-6,8-9H,1-3H3. The van der Waals surface area contributed by atoms with Crippen LogP contribution in [0.3, 0.4) is 0 Å². The molecule has 0 saturated heterocycles. The van der Waals surface area contributed by atoms with Gasteiger partial charge >= 0.3 is 0 Å². The molecular weight excluding hydrogens is 231 g/mol. The van der Waals surface area contributed by atoms with E-state index in [0.717, 1.165) is 11.1 Å². The Morgan fingerprint density at radius 1 is 1.31 bits per heavy atom. The van der Waals surface area contributed by atoms with E-state index in [2.05, 4.69) is 15.9 Å². The van der Waals surface area contributed by atoms with Gasteiger partial charge in [0.2, 0.25) is 0 Å². The molecule has 0 aliphatic rings. The van der Waals surface area contributed by atoms with E-state index in [9.17, 15) is 4.39 Å². The third kappa shape index (κ3) is 2.53. The summed E-state index contributed by atoms with van der Waals surface area (Å²) in [6.07, 6.45) is 0. The molecule has 0 nitrogen and oxygen atoms in total. The van der Waals surface area contributed by atoms with Crippen LogP contribution in [0.1, 0.15) is 30.9 Å². The maximum absolute atomic E-state index is 13.4. The van der Waals surface area contributed by atoms with Crippen LogP contribution in [0.25, 0.3) is 0 Å². The number of halogens is 2. The fraction of sp³-hybridized carbons (Fsp3) is 0.455. The van der Waals surface area contributed by atoms with Crippen molar-refractivity contribution >= 4 is 15.9 Å². The Bertz CT molecular complexity index is 294. The highest BCUT2D eigenvalue weighted by Crippen LogP contribution is 2.26. The van der Waals surface area contributed by atoms with Gasteiger partial charge in [0.05, 0.1) is 0 Å².